The number of para-hydroxylation sites is 2. The van der Waals surface area contributed by atoms with E-state index in [1.54, 1.807) is 12.4 Å². The van der Waals surface area contributed by atoms with Crippen molar-refractivity contribution < 1.29 is 56.7 Å². The van der Waals surface area contributed by atoms with Gasteiger partial charge in [0.15, 0.2) is 0 Å². The Hall–Kier alpha value is -6.01. The van der Waals surface area contributed by atoms with Gasteiger partial charge in [0.2, 0.25) is 0 Å². The molecule has 0 unspecified atom stereocenters. The van der Waals surface area contributed by atoms with E-state index in [1.165, 1.54) is 11.1 Å². The van der Waals surface area contributed by atoms with Crippen LogP contribution >= 0.6 is 0 Å². The predicted molar refractivity (Wildman–Crippen MR) is 273 cm³/mol. The van der Waals surface area contributed by atoms with Gasteiger partial charge in [0, 0.05) is 34.1 Å². The Morgan fingerprint density at radius 3 is 0.812 bits per heavy atom. The van der Waals surface area contributed by atoms with Crippen molar-refractivity contribution in [2.45, 2.75) is 77.0 Å². The molecular weight excluding hydrogens is 923 g/mol. The van der Waals surface area contributed by atoms with Gasteiger partial charge in [-0.1, -0.05) is 237 Å². The Balaban J connectivity index is 0.000000288. The van der Waals surface area contributed by atoms with Crippen molar-refractivity contribution >= 4 is 23.8 Å². The Morgan fingerprint density at radius 1 is 0.319 bits per heavy atom. The summed E-state index contributed by atoms with van der Waals surface area (Å²) in [5, 5.41) is 27.5. The van der Waals surface area contributed by atoms with Crippen LogP contribution in [0.4, 0.5) is 11.4 Å². The van der Waals surface area contributed by atoms with E-state index < -0.39 is 10.8 Å². The predicted octanol–water partition coefficient (Wildman–Crippen LogP) is 8.33. The molecule has 8 aromatic rings. The summed E-state index contributed by atoms with van der Waals surface area (Å²) in [5.41, 5.74) is 9.84. The molecule has 4 nitrogen and oxygen atoms in total. The molecule has 69 heavy (non-hydrogen) atoms. The van der Waals surface area contributed by atoms with Gasteiger partial charge in [-0.05, 0) is 92.0 Å². The molecule has 0 heterocycles. The summed E-state index contributed by atoms with van der Waals surface area (Å²) in [5.74, 6) is 0.0484. The van der Waals surface area contributed by atoms with Crippen LogP contribution in [-0.4, -0.2) is 12.4 Å². The molecule has 0 aliphatic carbocycles. The summed E-state index contributed by atoms with van der Waals surface area (Å²) in [6.07, 6.45) is 3.43. The first-order valence-corrected chi connectivity index (χ1v) is 22.7. The second-order valence-electron chi connectivity index (χ2n) is 19.0. The maximum atomic E-state index is 13.7. The van der Waals surface area contributed by atoms with Gasteiger partial charge in [-0.15, -0.1) is 0 Å². The molecule has 7 heteroatoms. The van der Waals surface area contributed by atoms with Gasteiger partial charge in [-0.25, -0.2) is 0 Å². The van der Waals surface area contributed by atoms with Crippen molar-refractivity contribution in [3.05, 3.63) is 262 Å². The minimum absolute atomic E-state index is 0. The smallest absolute Gasteiger partial charge is 1.00 e. The van der Waals surface area contributed by atoms with Crippen LogP contribution in [0, 0.1) is 0 Å². The standard InChI is InChI=1S/2C31H31NO.2ClH.Ti/c2*1-30(2,24-14-8-5-9-15-24)26-20-23(22-32-27-18-12-7-13-19-27)29(33)28(21-26)31(3,4)25-16-10-6-11-17-25;;;/h2*5-22,33H,1-4H3;2*1H;/q;;;;+4/p-4/b2*32-22+;;;. The Kier molecular flexibility index (Phi) is 19.3. The summed E-state index contributed by atoms with van der Waals surface area (Å²) in [4.78, 5) is 9.21. The number of hydrogen-bond acceptors (Lipinski definition) is 4. The average Bonchev–Trinajstić information content (AvgIpc) is 3.35. The minimum atomic E-state index is -0.448. The Labute approximate surface area is 438 Å². The van der Waals surface area contributed by atoms with Gasteiger partial charge in [0.1, 0.15) is 0 Å². The fourth-order valence-corrected chi connectivity index (χ4v) is 8.52. The fourth-order valence-electron chi connectivity index (χ4n) is 8.52. The zero-order chi connectivity index (χ0) is 47.0. The summed E-state index contributed by atoms with van der Waals surface area (Å²) >= 11 is 0. The van der Waals surface area contributed by atoms with Crippen LogP contribution in [0.25, 0.3) is 0 Å². The Morgan fingerprint density at radius 2 is 0.551 bits per heavy atom. The molecule has 0 saturated carbocycles. The van der Waals surface area contributed by atoms with E-state index in [9.17, 15) is 10.2 Å². The summed E-state index contributed by atoms with van der Waals surface area (Å²) in [7, 11) is 0. The number of nitrogens with zero attached hydrogens (tertiary/aromatic N) is 2. The van der Waals surface area contributed by atoms with E-state index in [-0.39, 0.29) is 68.9 Å². The third-order valence-electron chi connectivity index (χ3n) is 13.2. The van der Waals surface area contributed by atoms with E-state index in [0.29, 0.717) is 11.1 Å². The molecule has 0 bridgehead atoms. The average molecular weight is 984 g/mol. The quantitative estimate of drug-likeness (QED) is 0.0914. The fraction of sp³-hybridized carbons (Fsp3) is 0.194. The number of aliphatic imine (C=N–C) groups is 2. The molecule has 0 radical (unpaired) electrons. The molecule has 8 aromatic carbocycles. The van der Waals surface area contributed by atoms with Crippen LogP contribution in [0.2, 0.25) is 0 Å². The molecule has 0 aromatic heterocycles. The van der Waals surface area contributed by atoms with Crippen LogP contribution in [0.3, 0.4) is 0 Å². The van der Waals surface area contributed by atoms with Crippen molar-refractivity contribution in [3.8, 4) is 11.5 Å². The first-order valence-electron chi connectivity index (χ1n) is 22.7. The largest absolute Gasteiger partial charge is 4.00 e. The maximum absolute atomic E-state index is 13.7. The third-order valence-corrected chi connectivity index (χ3v) is 13.2. The molecule has 0 fully saturated rings. The van der Waals surface area contributed by atoms with E-state index in [4.69, 9.17) is 0 Å². The van der Waals surface area contributed by atoms with Gasteiger partial charge in [0.25, 0.3) is 0 Å². The Bertz CT molecular complexity index is 2700. The molecule has 0 amide bonds. The topological polar surface area (TPSA) is 70.8 Å². The first-order chi connectivity index (χ1) is 31.6. The van der Waals surface area contributed by atoms with Crippen LogP contribution in [-0.2, 0) is 43.4 Å². The molecule has 0 spiro atoms. The summed E-state index contributed by atoms with van der Waals surface area (Å²) in [6, 6.07) is 69.0. The van der Waals surface area contributed by atoms with Crippen molar-refractivity contribution in [3.63, 3.8) is 0 Å². The van der Waals surface area contributed by atoms with Crippen molar-refractivity contribution in [1.29, 1.82) is 0 Å². The van der Waals surface area contributed by atoms with Gasteiger partial charge in [-0.3, -0.25) is 9.98 Å². The molecule has 0 aliphatic rings. The van der Waals surface area contributed by atoms with Crippen LogP contribution in [0.1, 0.15) is 111 Å². The number of hydrogen-bond donors (Lipinski definition) is 0. The number of benzene rings is 8. The van der Waals surface area contributed by atoms with Crippen LogP contribution < -0.4 is 35.0 Å². The van der Waals surface area contributed by atoms with Gasteiger partial charge in [-0.2, -0.15) is 0 Å². The molecule has 348 valence electrons. The number of rotatable bonds is 12. The minimum Gasteiger partial charge on any atom is -1.00 e. The van der Waals surface area contributed by atoms with E-state index >= 15 is 0 Å². The maximum Gasteiger partial charge on any atom is 4.00 e. The van der Waals surface area contributed by atoms with Crippen LogP contribution in [0.5, 0.6) is 11.5 Å². The number of halogens is 2. The molecule has 0 saturated heterocycles. The van der Waals surface area contributed by atoms with Gasteiger partial charge < -0.3 is 35.0 Å². The van der Waals surface area contributed by atoms with E-state index in [1.807, 2.05) is 121 Å². The second kappa shape index (κ2) is 24.0. The van der Waals surface area contributed by atoms with E-state index in [2.05, 4.69) is 150 Å². The third kappa shape index (κ3) is 12.8. The van der Waals surface area contributed by atoms with Crippen molar-refractivity contribution in [1.82, 2.24) is 0 Å². The van der Waals surface area contributed by atoms with Crippen molar-refractivity contribution in [2.75, 3.05) is 0 Å². The molecule has 8 rings (SSSR count). The summed E-state index contributed by atoms with van der Waals surface area (Å²) < 4.78 is 0. The molecular formula is C62H60Cl2N2O2Ti. The monoisotopic (exact) mass is 982 g/mol. The molecule has 0 N–H and O–H groups in total. The normalized spacial score (nSPS) is 11.7. The molecule has 0 atom stereocenters. The first kappa shape index (κ1) is 55.6. The molecule has 0 aliphatic heterocycles. The zero-order valence-corrected chi connectivity index (χ0v) is 43.8. The van der Waals surface area contributed by atoms with Gasteiger partial charge >= 0.3 is 21.7 Å². The van der Waals surface area contributed by atoms with Crippen LogP contribution in [0.15, 0.2) is 216 Å². The summed E-state index contributed by atoms with van der Waals surface area (Å²) in [6.45, 7) is 17.3. The second-order valence-corrected chi connectivity index (χ2v) is 19.0. The SMILES string of the molecule is CC(C)(c1ccccc1)c1cc(/C=N/c2ccccc2)c([O-])c(C(C)(C)c2ccccc2)c1.CC(C)(c1ccccc1)c1cc(/C=N/c2ccccc2)c([O-])c(C(C)(C)c2ccccc2)c1.[Cl-].[Cl-].[Ti+4]. The van der Waals surface area contributed by atoms with Gasteiger partial charge in [0.05, 0.1) is 11.4 Å². The van der Waals surface area contributed by atoms with Crippen molar-refractivity contribution in [2.24, 2.45) is 9.98 Å². The van der Waals surface area contributed by atoms with E-state index in [0.717, 1.165) is 44.8 Å². The zero-order valence-electron chi connectivity index (χ0n) is 40.8.